The van der Waals surface area contributed by atoms with E-state index < -0.39 is 42.4 Å². The summed E-state index contributed by atoms with van der Waals surface area (Å²) in [6, 6.07) is 0. The van der Waals surface area contributed by atoms with Gasteiger partial charge in [0.15, 0.2) is 6.29 Å². The molecule has 6 heteroatoms. The first kappa shape index (κ1) is 30.2. The van der Waals surface area contributed by atoms with Crippen LogP contribution in [0.4, 0.5) is 0 Å². The van der Waals surface area contributed by atoms with Gasteiger partial charge >= 0.3 is 0 Å². The average Bonchev–Trinajstić information content (AvgIpc) is 3.36. The van der Waals surface area contributed by atoms with E-state index in [2.05, 4.69) is 34.6 Å². The maximum Gasteiger partial charge on any atom is 0.187 e. The summed E-state index contributed by atoms with van der Waals surface area (Å²) in [5.74, 6) is 4.30. The van der Waals surface area contributed by atoms with Crippen molar-refractivity contribution in [2.75, 3.05) is 0 Å². The lowest BCUT2D eigenvalue weighted by Gasteiger charge is -2.65. The van der Waals surface area contributed by atoms with Crippen LogP contribution in [-0.2, 0) is 9.47 Å². The number of rotatable bonds is 8. The lowest BCUT2D eigenvalue weighted by Crippen LogP contribution is -2.67. The SMILES string of the molecule is CC(C)CCC[C@@H](C)[C@H]1CC[C@H]2[C@@H]3CC[C@]4(O)[C@@H](O[C@@H]5O[C@@H]([C@@H](C)O)[C@H](O)[C@H]5O)CCC[C@]4(C)[C@H]3CC[C@]12C. The van der Waals surface area contributed by atoms with Crippen LogP contribution >= 0.6 is 0 Å². The molecule has 6 nitrogen and oxygen atoms in total. The first-order chi connectivity index (χ1) is 18.3. The monoisotopic (exact) mass is 550 g/mol. The number of hydrogen-bond acceptors (Lipinski definition) is 6. The second kappa shape index (κ2) is 11.1. The molecule has 14 atom stereocenters. The molecule has 0 radical (unpaired) electrons. The summed E-state index contributed by atoms with van der Waals surface area (Å²) in [5.41, 5.74) is -0.783. The van der Waals surface area contributed by atoms with Gasteiger partial charge in [-0.05, 0) is 99.2 Å². The molecule has 1 heterocycles. The Balaban J connectivity index is 1.30. The zero-order chi connectivity index (χ0) is 28.3. The predicted molar refractivity (Wildman–Crippen MR) is 152 cm³/mol. The van der Waals surface area contributed by atoms with Gasteiger partial charge in [-0.3, -0.25) is 0 Å². The fourth-order valence-corrected chi connectivity index (χ4v) is 10.8. The first-order valence-electron chi connectivity index (χ1n) is 16.4. The number of hydrogen-bond donors (Lipinski definition) is 4. The molecule has 226 valence electrons. The van der Waals surface area contributed by atoms with Gasteiger partial charge in [0.1, 0.15) is 18.3 Å². The third-order valence-corrected chi connectivity index (χ3v) is 13.0. The Labute approximate surface area is 237 Å². The average molecular weight is 551 g/mol. The molecular formula is C33H58O6. The molecule has 5 fully saturated rings. The van der Waals surface area contributed by atoms with Crippen LogP contribution in [0.15, 0.2) is 0 Å². The van der Waals surface area contributed by atoms with Crippen molar-refractivity contribution in [3.8, 4) is 0 Å². The van der Waals surface area contributed by atoms with E-state index in [1.807, 2.05) is 0 Å². The maximum atomic E-state index is 12.4. The molecule has 0 bridgehead atoms. The molecule has 4 aliphatic carbocycles. The van der Waals surface area contributed by atoms with Crippen molar-refractivity contribution in [1.82, 2.24) is 0 Å². The van der Waals surface area contributed by atoms with Gasteiger partial charge in [-0.1, -0.05) is 60.3 Å². The van der Waals surface area contributed by atoms with E-state index in [1.165, 1.54) is 44.9 Å². The maximum absolute atomic E-state index is 12.4. The predicted octanol–water partition coefficient (Wildman–Crippen LogP) is 5.44. The molecule has 5 aliphatic rings. The minimum absolute atomic E-state index is 0.229. The van der Waals surface area contributed by atoms with E-state index in [-0.39, 0.29) is 5.41 Å². The first-order valence-corrected chi connectivity index (χ1v) is 16.4. The smallest absolute Gasteiger partial charge is 0.187 e. The molecule has 1 saturated heterocycles. The lowest BCUT2D eigenvalue weighted by molar-refractivity contribution is -0.296. The lowest BCUT2D eigenvalue weighted by atomic mass is 9.42. The molecule has 0 aromatic carbocycles. The van der Waals surface area contributed by atoms with Gasteiger partial charge in [0.2, 0.25) is 0 Å². The van der Waals surface area contributed by atoms with Crippen molar-refractivity contribution >= 4 is 0 Å². The summed E-state index contributed by atoms with van der Waals surface area (Å²) >= 11 is 0. The molecule has 4 saturated carbocycles. The third kappa shape index (κ3) is 4.95. The molecule has 0 unspecified atom stereocenters. The van der Waals surface area contributed by atoms with Crippen molar-refractivity contribution in [3.63, 3.8) is 0 Å². The molecule has 0 amide bonds. The summed E-state index contributed by atoms with van der Waals surface area (Å²) in [4.78, 5) is 0. The van der Waals surface area contributed by atoms with E-state index in [0.717, 1.165) is 55.8 Å². The summed E-state index contributed by atoms with van der Waals surface area (Å²) in [5, 5.41) is 43.5. The van der Waals surface area contributed by atoms with Gasteiger partial charge in [-0.25, -0.2) is 0 Å². The summed E-state index contributed by atoms with van der Waals surface area (Å²) < 4.78 is 12.1. The summed E-state index contributed by atoms with van der Waals surface area (Å²) in [6.45, 7) is 13.7. The minimum atomic E-state index is -1.23. The fourth-order valence-electron chi connectivity index (χ4n) is 10.8. The Hall–Kier alpha value is -0.240. The van der Waals surface area contributed by atoms with Crippen LogP contribution < -0.4 is 0 Å². The second-order valence-electron chi connectivity index (χ2n) is 15.5. The Morgan fingerprint density at radius 2 is 1.62 bits per heavy atom. The van der Waals surface area contributed by atoms with Crippen LogP contribution in [0.5, 0.6) is 0 Å². The highest BCUT2D eigenvalue weighted by molar-refractivity contribution is 5.16. The van der Waals surface area contributed by atoms with Crippen molar-refractivity contribution in [2.45, 2.75) is 161 Å². The number of ether oxygens (including phenoxy) is 2. The largest absolute Gasteiger partial charge is 0.391 e. The minimum Gasteiger partial charge on any atom is -0.391 e. The summed E-state index contributed by atoms with van der Waals surface area (Å²) in [6.07, 6.45) is 7.98. The Morgan fingerprint density at radius 1 is 0.872 bits per heavy atom. The zero-order valence-electron chi connectivity index (χ0n) is 25.5. The van der Waals surface area contributed by atoms with E-state index in [1.54, 1.807) is 6.92 Å². The van der Waals surface area contributed by atoms with E-state index in [9.17, 15) is 20.4 Å². The zero-order valence-corrected chi connectivity index (χ0v) is 25.5. The van der Waals surface area contributed by atoms with Crippen LogP contribution in [0.1, 0.15) is 119 Å². The van der Waals surface area contributed by atoms with E-state index >= 15 is 0 Å². The Morgan fingerprint density at radius 3 is 2.28 bits per heavy atom. The Bertz CT molecular complexity index is 848. The van der Waals surface area contributed by atoms with Crippen LogP contribution in [-0.4, -0.2) is 62.8 Å². The molecule has 39 heavy (non-hydrogen) atoms. The highest BCUT2D eigenvalue weighted by Crippen LogP contribution is 2.69. The van der Waals surface area contributed by atoms with Crippen molar-refractivity contribution in [2.24, 2.45) is 46.3 Å². The third-order valence-electron chi connectivity index (χ3n) is 13.0. The van der Waals surface area contributed by atoms with Crippen molar-refractivity contribution in [1.29, 1.82) is 0 Å². The normalized spacial score (nSPS) is 51.3. The Kier molecular flexibility index (Phi) is 8.61. The fraction of sp³-hybridized carbons (Fsp3) is 1.00. The highest BCUT2D eigenvalue weighted by Gasteiger charge is 2.67. The molecule has 1 aliphatic heterocycles. The quantitative estimate of drug-likeness (QED) is 0.321. The van der Waals surface area contributed by atoms with Crippen LogP contribution in [0.2, 0.25) is 0 Å². The molecule has 0 aromatic rings. The number of aliphatic hydroxyl groups excluding tert-OH is 3. The van der Waals surface area contributed by atoms with Crippen LogP contribution in [0, 0.1) is 46.3 Å². The number of fused-ring (bicyclic) bond motifs is 5. The van der Waals surface area contributed by atoms with Gasteiger partial charge in [0.05, 0.1) is 17.8 Å². The van der Waals surface area contributed by atoms with Gasteiger partial charge in [0, 0.05) is 5.41 Å². The van der Waals surface area contributed by atoms with Crippen LogP contribution in [0.25, 0.3) is 0 Å². The standard InChI is InChI=1S/C33H58O6/c1-19(2)9-7-10-20(3)23-12-13-24-22-14-18-33(37)26(38-30-28(36)27(35)29(39-30)21(4)34)11-8-16-32(33,6)25(22)15-17-31(23,24)5/h19-30,34-37H,7-18H2,1-6H3/t20-,21-,22+,23-,24+,25+,26+,27-,28-,29+,30-,31-,32-,33+/m1/s1. The van der Waals surface area contributed by atoms with E-state index in [0.29, 0.717) is 17.3 Å². The van der Waals surface area contributed by atoms with Crippen molar-refractivity contribution in [3.05, 3.63) is 0 Å². The summed E-state index contributed by atoms with van der Waals surface area (Å²) in [7, 11) is 0. The highest BCUT2D eigenvalue weighted by atomic mass is 16.7. The second-order valence-corrected chi connectivity index (χ2v) is 15.5. The van der Waals surface area contributed by atoms with Gasteiger partial charge < -0.3 is 29.9 Å². The molecule has 0 spiro atoms. The van der Waals surface area contributed by atoms with Crippen LogP contribution in [0.3, 0.4) is 0 Å². The van der Waals surface area contributed by atoms with Gasteiger partial charge in [-0.2, -0.15) is 0 Å². The van der Waals surface area contributed by atoms with E-state index in [4.69, 9.17) is 9.47 Å². The topological polar surface area (TPSA) is 99.4 Å². The molecular weight excluding hydrogens is 492 g/mol. The van der Waals surface area contributed by atoms with Gasteiger partial charge in [0.25, 0.3) is 0 Å². The van der Waals surface area contributed by atoms with Crippen molar-refractivity contribution < 1.29 is 29.9 Å². The molecule has 0 aromatic heterocycles. The molecule has 5 rings (SSSR count). The number of aliphatic hydroxyl groups is 4. The molecule has 4 N–H and O–H groups in total. The van der Waals surface area contributed by atoms with Gasteiger partial charge in [-0.15, -0.1) is 0 Å².